The van der Waals surface area contributed by atoms with E-state index in [-0.39, 0.29) is 23.9 Å². The summed E-state index contributed by atoms with van der Waals surface area (Å²) in [6.07, 6.45) is 2.95. The zero-order valence-electron chi connectivity index (χ0n) is 18.9. The second-order valence-electron chi connectivity index (χ2n) is 8.70. The molecule has 0 radical (unpaired) electrons. The molecule has 0 spiro atoms. The van der Waals surface area contributed by atoms with Gasteiger partial charge in [-0.05, 0) is 46.5 Å². The number of carbonyl (C=O) groups excluding carboxylic acids is 1. The molecule has 1 aliphatic heterocycles. The summed E-state index contributed by atoms with van der Waals surface area (Å²) in [5.74, 6) is -0.217. The van der Waals surface area contributed by atoms with Crippen LogP contribution in [-0.4, -0.2) is 32.1 Å². The average Bonchev–Trinajstić information content (AvgIpc) is 3.28. The molecule has 4 aromatic rings. The number of rotatable bonds is 5. The van der Waals surface area contributed by atoms with Crippen LogP contribution >= 0.6 is 0 Å². The molecule has 1 unspecified atom stereocenters. The van der Waals surface area contributed by atoms with Gasteiger partial charge in [-0.25, -0.2) is 8.42 Å². The Morgan fingerprint density at radius 3 is 2.29 bits per heavy atom. The molecule has 5 rings (SSSR count). The Kier molecular flexibility index (Phi) is 5.90. The highest BCUT2D eigenvalue weighted by Gasteiger charge is 2.37. The molecule has 5 heteroatoms. The molecule has 1 atom stereocenters. The first-order valence-electron chi connectivity index (χ1n) is 11.3. The van der Waals surface area contributed by atoms with Crippen LogP contribution in [0.2, 0.25) is 0 Å². The Labute approximate surface area is 200 Å². The van der Waals surface area contributed by atoms with Crippen LogP contribution in [0.4, 0.5) is 0 Å². The largest absolute Gasteiger partial charge is 0.298 e. The quantitative estimate of drug-likeness (QED) is 0.347. The van der Waals surface area contributed by atoms with Crippen LogP contribution in [0.3, 0.4) is 0 Å². The van der Waals surface area contributed by atoms with Crippen LogP contribution in [0.1, 0.15) is 33.0 Å². The second kappa shape index (κ2) is 9.01. The summed E-state index contributed by atoms with van der Waals surface area (Å²) in [5.41, 5.74) is 4.47. The van der Waals surface area contributed by atoms with Crippen LogP contribution in [0, 0.1) is 6.92 Å². The van der Waals surface area contributed by atoms with Gasteiger partial charge in [0.05, 0.1) is 4.90 Å². The van der Waals surface area contributed by atoms with Crippen molar-refractivity contribution >= 4 is 33.2 Å². The molecule has 34 heavy (non-hydrogen) atoms. The summed E-state index contributed by atoms with van der Waals surface area (Å²) in [5, 5.41) is 1.87. The van der Waals surface area contributed by atoms with Crippen molar-refractivity contribution in [3.05, 3.63) is 119 Å². The molecule has 4 aromatic carbocycles. The number of carbonyl (C=O) groups is 1. The fraction of sp³-hybridized carbons (Fsp3) is 0.138. The summed E-state index contributed by atoms with van der Waals surface area (Å²) < 4.78 is 28.6. The summed E-state index contributed by atoms with van der Waals surface area (Å²) in [6.45, 7) is 2.50. The summed E-state index contributed by atoms with van der Waals surface area (Å²) in [7, 11) is -3.68. The monoisotopic (exact) mass is 467 g/mol. The van der Waals surface area contributed by atoms with Crippen LogP contribution < -0.4 is 0 Å². The maximum Gasteiger partial charge on any atom is 0.243 e. The number of aldehydes is 1. The topological polar surface area (TPSA) is 54.5 Å². The van der Waals surface area contributed by atoms with E-state index in [1.807, 2.05) is 85.8 Å². The van der Waals surface area contributed by atoms with Crippen molar-refractivity contribution in [3.8, 4) is 0 Å². The van der Waals surface area contributed by atoms with Gasteiger partial charge in [0.1, 0.15) is 0 Å². The number of aryl methyl sites for hydroxylation is 1. The van der Waals surface area contributed by atoms with Crippen LogP contribution in [0.25, 0.3) is 16.8 Å². The molecule has 0 aromatic heterocycles. The van der Waals surface area contributed by atoms with Gasteiger partial charge < -0.3 is 0 Å². The molecule has 0 bridgehead atoms. The van der Waals surface area contributed by atoms with Crippen LogP contribution in [-0.2, 0) is 10.0 Å². The molecule has 0 amide bonds. The van der Waals surface area contributed by atoms with Gasteiger partial charge in [0.2, 0.25) is 10.0 Å². The van der Waals surface area contributed by atoms with E-state index in [1.165, 1.54) is 4.31 Å². The van der Waals surface area contributed by atoms with Gasteiger partial charge in [0.15, 0.2) is 6.29 Å². The van der Waals surface area contributed by atoms with Crippen LogP contribution in [0.5, 0.6) is 0 Å². The van der Waals surface area contributed by atoms with Gasteiger partial charge in [-0.3, -0.25) is 4.79 Å². The molecular weight excluding hydrogens is 442 g/mol. The number of hydrogen-bond acceptors (Lipinski definition) is 3. The lowest BCUT2D eigenvalue weighted by molar-refractivity contribution is 0.112. The maximum absolute atomic E-state index is 13.5. The molecule has 1 aliphatic rings. The molecule has 1 saturated heterocycles. The molecule has 1 fully saturated rings. The normalized spacial score (nSPS) is 17.9. The minimum absolute atomic E-state index is 0.217. The van der Waals surface area contributed by atoms with Crippen molar-refractivity contribution in [2.45, 2.75) is 17.7 Å². The SMILES string of the molecule is Cc1ccc(S(=O)(=O)N2C/C(=C\c3ccccc3)C(c3ccc4ccccc4c3C=O)C2)cc1. The summed E-state index contributed by atoms with van der Waals surface area (Å²) in [4.78, 5) is 12.5. The van der Waals surface area contributed by atoms with Crippen molar-refractivity contribution in [1.29, 1.82) is 0 Å². The predicted octanol–water partition coefficient (Wildman–Crippen LogP) is 5.83. The third-order valence-electron chi connectivity index (χ3n) is 6.50. The highest BCUT2D eigenvalue weighted by atomic mass is 32.2. The predicted molar refractivity (Wildman–Crippen MR) is 136 cm³/mol. The van der Waals surface area contributed by atoms with Gasteiger partial charge >= 0.3 is 0 Å². The molecule has 0 N–H and O–H groups in total. The van der Waals surface area contributed by atoms with E-state index in [9.17, 15) is 13.2 Å². The van der Waals surface area contributed by atoms with Gasteiger partial charge in [-0.1, -0.05) is 90.5 Å². The number of sulfonamides is 1. The minimum Gasteiger partial charge on any atom is -0.298 e. The minimum atomic E-state index is -3.68. The third-order valence-corrected chi connectivity index (χ3v) is 8.33. The Bertz CT molecular complexity index is 1490. The Morgan fingerprint density at radius 1 is 0.853 bits per heavy atom. The Hall–Kier alpha value is -3.54. The fourth-order valence-corrected chi connectivity index (χ4v) is 6.14. The lowest BCUT2D eigenvalue weighted by atomic mass is 9.87. The van der Waals surface area contributed by atoms with E-state index in [4.69, 9.17) is 0 Å². The number of nitrogens with zero attached hydrogens (tertiary/aromatic N) is 1. The lowest BCUT2D eigenvalue weighted by Crippen LogP contribution is -2.28. The van der Waals surface area contributed by atoms with Crippen molar-refractivity contribution in [3.63, 3.8) is 0 Å². The second-order valence-corrected chi connectivity index (χ2v) is 10.6. The smallest absolute Gasteiger partial charge is 0.243 e. The van der Waals surface area contributed by atoms with E-state index in [0.29, 0.717) is 5.56 Å². The van der Waals surface area contributed by atoms with Crippen molar-refractivity contribution in [2.24, 2.45) is 0 Å². The molecule has 170 valence electrons. The number of fused-ring (bicyclic) bond motifs is 1. The molecule has 4 nitrogen and oxygen atoms in total. The number of benzene rings is 4. The zero-order valence-corrected chi connectivity index (χ0v) is 19.7. The van der Waals surface area contributed by atoms with Crippen LogP contribution in [0.15, 0.2) is 101 Å². The first-order chi connectivity index (χ1) is 16.5. The lowest BCUT2D eigenvalue weighted by Gasteiger charge is -2.18. The Morgan fingerprint density at radius 2 is 1.56 bits per heavy atom. The van der Waals surface area contributed by atoms with E-state index < -0.39 is 10.0 Å². The average molecular weight is 468 g/mol. The first-order valence-corrected chi connectivity index (χ1v) is 12.7. The van der Waals surface area contributed by atoms with Gasteiger partial charge in [0, 0.05) is 24.6 Å². The summed E-state index contributed by atoms with van der Waals surface area (Å²) in [6, 6.07) is 28.6. The summed E-state index contributed by atoms with van der Waals surface area (Å²) >= 11 is 0. The molecule has 0 saturated carbocycles. The molecule has 1 heterocycles. The van der Waals surface area contributed by atoms with E-state index in [1.54, 1.807) is 12.1 Å². The zero-order chi connectivity index (χ0) is 23.7. The van der Waals surface area contributed by atoms with Gasteiger partial charge in [-0.2, -0.15) is 4.31 Å². The highest BCUT2D eigenvalue weighted by Crippen LogP contribution is 2.39. The van der Waals surface area contributed by atoms with Crippen molar-refractivity contribution < 1.29 is 13.2 Å². The van der Waals surface area contributed by atoms with E-state index in [2.05, 4.69) is 6.08 Å². The van der Waals surface area contributed by atoms with Crippen molar-refractivity contribution in [1.82, 2.24) is 4.31 Å². The standard InChI is InChI=1S/C29H25NO3S/c1-21-11-14-25(15-12-21)34(32,33)30-18-24(17-22-7-3-2-4-8-22)28(19-30)27-16-13-23-9-5-6-10-26(23)29(27)20-31/h2-17,20,28H,18-19H2,1H3/b24-17+. The van der Waals surface area contributed by atoms with Crippen molar-refractivity contribution in [2.75, 3.05) is 13.1 Å². The van der Waals surface area contributed by atoms with E-state index >= 15 is 0 Å². The molecule has 0 aliphatic carbocycles. The highest BCUT2D eigenvalue weighted by molar-refractivity contribution is 7.89. The number of hydrogen-bond donors (Lipinski definition) is 0. The molecular formula is C29H25NO3S. The van der Waals surface area contributed by atoms with E-state index in [0.717, 1.165) is 39.3 Å². The fourth-order valence-electron chi connectivity index (χ4n) is 4.70. The third kappa shape index (κ3) is 4.09. The van der Waals surface area contributed by atoms with Gasteiger partial charge in [-0.15, -0.1) is 0 Å². The Balaban J connectivity index is 1.63. The first kappa shape index (κ1) is 22.3. The van der Waals surface area contributed by atoms with Gasteiger partial charge in [0.25, 0.3) is 0 Å². The maximum atomic E-state index is 13.5.